The molecular weight excluding hydrogens is 254 g/mol. The van der Waals surface area contributed by atoms with Gasteiger partial charge in [0.05, 0.1) is 17.5 Å². The molecule has 0 aliphatic rings. The molecule has 20 heavy (non-hydrogen) atoms. The van der Waals surface area contributed by atoms with E-state index in [1.807, 2.05) is 43.3 Å². The Balaban J connectivity index is 2.04. The van der Waals surface area contributed by atoms with Gasteiger partial charge in [-0.1, -0.05) is 0 Å². The van der Waals surface area contributed by atoms with Crippen LogP contribution in [0.1, 0.15) is 41.2 Å². The van der Waals surface area contributed by atoms with Crippen LogP contribution in [0.3, 0.4) is 0 Å². The standard InChI is InChI=1S/C14H21N5O/c1-5-18-9-12(10(3)17-18)7-15-14(20)13-8-16-19(6-2)11(13)4/h8-9H,5-7H2,1-4H3,(H,15,20). The fraction of sp³-hybridized carbons (Fsp3) is 0.500. The first kappa shape index (κ1) is 14.3. The lowest BCUT2D eigenvalue weighted by Gasteiger charge is -2.04. The zero-order valence-corrected chi connectivity index (χ0v) is 12.5. The lowest BCUT2D eigenvalue weighted by molar-refractivity contribution is 0.0950. The molecule has 108 valence electrons. The zero-order valence-electron chi connectivity index (χ0n) is 12.5. The van der Waals surface area contributed by atoms with Crippen LogP contribution in [0.2, 0.25) is 0 Å². The Morgan fingerprint density at radius 1 is 1.30 bits per heavy atom. The first-order valence-electron chi connectivity index (χ1n) is 6.90. The minimum atomic E-state index is -0.0918. The molecule has 0 atom stereocenters. The predicted octanol–water partition coefficient (Wildman–Crippen LogP) is 1.67. The number of rotatable bonds is 5. The summed E-state index contributed by atoms with van der Waals surface area (Å²) < 4.78 is 3.69. The first-order chi connectivity index (χ1) is 9.56. The minimum Gasteiger partial charge on any atom is -0.348 e. The van der Waals surface area contributed by atoms with E-state index in [1.54, 1.807) is 6.20 Å². The average molecular weight is 275 g/mol. The van der Waals surface area contributed by atoms with Crippen molar-refractivity contribution in [3.8, 4) is 0 Å². The van der Waals surface area contributed by atoms with Gasteiger partial charge < -0.3 is 5.32 Å². The Labute approximate surface area is 118 Å². The number of hydrogen-bond acceptors (Lipinski definition) is 3. The van der Waals surface area contributed by atoms with Gasteiger partial charge in [-0.25, -0.2) is 0 Å². The van der Waals surface area contributed by atoms with Crippen LogP contribution in [-0.2, 0) is 19.6 Å². The van der Waals surface area contributed by atoms with Crippen molar-refractivity contribution in [2.75, 3.05) is 0 Å². The largest absolute Gasteiger partial charge is 0.348 e. The molecule has 2 rings (SSSR count). The molecule has 0 fully saturated rings. The molecule has 0 saturated heterocycles. The summed E-state index contributed by atoms with van der Waals surface area (Å²) in [6, 6.07) is 0. The first-order valence-corrected chi connectivity index (χ1v) is 6.90. The molecule has 0 aromatic carbocycles. The summed E-state index contributed by atoms with van der Waals surface area (Å²) in [5.74, 6) is -0.0918. The summed E-state index contributed by atoms with van der Waals surface area (Å²) in [6.07, 6.45) is 3.59. The van der Waals surface area contributed by atoms with Crippen molar-refractivity contribution in [1.29, 1.82) is 0 Å². The molecule has 0 radical (unpaired) electrons. The highest BCUT2D eigenvalue weighted by Gasteiger charge is 2.14. The Kier molecular flexibility index (Phi) is 4.22. The third kappa shape index (κ3) is 2.74. The van der Waals surface area contributed by atoms with Gasteiger partial charge in [-0.05, 0) is 27.7 Å². The van der Waals surface area contributed by atoms with Crippen molar-refractivity contribution in [3.05, 3.63) is 34.9 Å². The maximum atomic E-state index is 12.2. The van der Waals surface area contributed by atoms with Crippen LogP contribution < -0.4 is 5.32 Å². The number of aromatic nitrogens is 4. The molecule has 2 aromatic rings. The Hall–Kier alpha value is -2.11. The highest BCUT2D eigenvalue weighted by Crippen LogP contribution is 2.09. The monoisotopic (exact) mass is 275 g/mol. The number of aryl methyl sites for hydroxylation is 3. The Morgan fingerprint density at radius 3 is 2.60 bits per heavy atom. The van der Waals surface area contributed by atoms with Crippen LogP contribution in [0.5, 0.6) is 0 Å². The minimum absolute atomic E-state index is 0.0918. The van der Waals surface area contributed by atoms with E-state index < -0.39 is 0 Å². The van der Waals surface area contributed by atoms with Crippen molar-refractivity contribution in [2.24, 2.45) is 0 Å². The van der Waals surface area contributed by atoms with Gasteiger partial charge in [0.25, 0.3) is 5.91 Å². The molecule has 1 amide bonds. The lowest BCUT2D eigenvalue weighted by Crippen LogP contribution is -2.23. The van der Waals surface area contributed by atoms with E-state index in [4.69, 9.17) is 0 Å². The van der Waals surface area contributed by atoms with E-state index >= 15 is 0 Å². The third-order valence-electron chi connectivity index (χ3n) is 3.46. The van der Waals surface area contributed by atoms with Crippen LogP contribution in [0.25, 0.3) is 0 Å². The molecule has 2 heterocycles. The molecule has 0 aliphatic carbocycles. The van der Waals surface area contributed by atoms with E-state index in [9.17, 15) is 4.79 Å². The average Bonchev–Trinajstić information content (AvgIpc) is 2.99. The fourth-order valence-corrected chi connectivity index (χ4v) is 2.15. The molecule has 0 unspecified atom stereocenters. The van der Waals surface area contributed by atoms with Gasteiger partial charge in [0.1, 0.15) is 0 Å². The SMILES string of the molecule is CCn1cc(CNC(=O)c2cnn(CC)c2C)c(C)n1. The van der Waals surface area contributed by atoms with Crippen molar-refractivity contribution in [2.45, 2.75) is 47.3 Å². The van der Waals surface area contributed by atoms with Crippen molar-refractivity contribution >= 4 is 5.91 Å². The highest BCUT2D eigenvalue weighted by atomic mass is 16.1. The number of nitrogens with zero attached hydrogens (tertiary/aromatic N) is 4. The zero-order chi connectivity index (χ0) is 14.7. The summed E-state index contributed by atoms with van der Waals surface area (Å²) in [5.41, 5.74) is 3.52. The van der Waals surface area contributed by atoms with E-state index in [0.717, 1.165) is 30.0 Å². The molecular formula is C14H21N5O. The van der Waals surface area contributed by atoms with Crippen molar-refractivity contribution in [1.82, 2.24) is 24.9 Å². The maximum absolute atomic E-state index is 12.2. The van der Waals surface area contributed by atoms with Gasteiger partial charge in [0.2, 0.25) is 0 Å². The lowest BCUT2D eigenvalue weighted by atomic mass is 10.2. The van der Waals surface area contributed by atoms with Gasteiger partial charge >= 0.3 is 0 Å². The summed E-state index contributed by atoms with van der Waals surface area (Å²) in [6.45, 7) is 9.99. The van der Waals surface area contributed by atoms with Crippen molar-refractivity contribution in [3.63, 3.8) is 0 Å². The highest BCUT2D eigenvalue weighted by molar-refractivity contribution is 5.94. The molecule has 2 aromatic heterocycles. The number of carbonyl (C=O) groups excluding carboxylic acids is 1. The summed E-state index contributed by atoms with van der Waals surface area (Å²) in [4.78, 5) is 12.2. The van der Waals surface area contributed by atoms with Crippen LogP contribution in [0, 0.1) is 13.8 Å². The van der Waals surface area contributed by atoms with E-state index in [1.165, 1.54) is 0 Å². The molecule has 1 N–H and O–H groups in total. The quantitative estimate of drug-likeness (QED) is 0.902. The van der Waals surface area contributed by atoms with Gasteiger partial charge in [0.15, 0.2) is 0 Å². The molecule has 0 spiro atoms. The summed E-state index contributed by atoms with van der Waals surface area (Å²) >= 11 is 0. The second kappa shape index (κ2) is 5.90. The molecule has 0 saturated carbocycles. The summed E-state index contributed by atoms with van der Waals surface area (Å²) in [7, 11) is 0. The van der Waals surface area contributed by atoms with E-state index in [2.05, 4.69) is 15.5 Å². The molecule has 0 aliphatic heterocycles. The van der Waals surface area contributed by atoms with Gasteiger partial charge in [-0.15, -0.1) is 0 Å². The normalized spacial score (nSPS) is 10.8. The Bertz CT molecular complexity index is 611. The van der Waals surface area contributed by atoms with Crippen LogP contribution in [0.4, 0.5) is 0 Å². The Morgan fingerprint density at radius 2 is 2.05 bits per heavy atom. The van der Waals surface area contributed by atoms with Gasteiger partial charge in [0, 0.05) is 37.1 Å². The number of carbonyl (C=O) groups is 1. The van der Waals surface area contributed by atoms with Crippen molar-refractivity contribution < 1.29 is 4.79 Å². The number of amides is 1. The third-order valence-corrected chi connectivity index (χ3v) is 3.46. The smallest absolute Gasteiger partial charge is 0.255 e. The second-order valence-corrected chi connectivity index (χ2v) is 4.74. The number of nitrogens with one attached hydrogen (secondary N) is 1. The topological polar surface area (TPSA) is 64.7 Å². The maximum Gasteiger partial charge on any atom is 0.255 e. The van der Waals surface area contributed by atoms with E-state index in [0.29, 0.717) is 12.1 Å². The number of hydrogen-bond donors (Lipinski definition) is 1. The summed E-state index contributed by atoms with van der Waals surface area (Å²) in [5, 5.41) is 11.5. The van der Waals surface area contributed by atoms with E-state index in [-0.39, 0.29) is 5.91 Å². The molecule has 0 bridgehead atoms. The fourth-order valence-electron chi connectivity index (χ4n) is 2.15. The second-order valence-electron chi connectivity index (χ2n) is 4.74. The van der Waals surface area contributed by atoms with Crippen LogP contribution in [-0.4, -0.2) is 25.5 Å². The van der Waals surface area contributed by atoms with Gasteiger partial charge in [-0.3, -0.25) is 14.2 Å². The van der Waals surface area contributed by atoms with Gasteiger partial charge in [-0.2, -0.15) is 10.2 Å². The molecule has 6 nitrogen and oxygen atoms in total. The van der Waals surface area contributed by atoms with Crippen LogP contribution >= 0.6 is 0 Å². The molecule has 6 heteroatoms. The van der Waals surface area contributed by atoms with Crippen LogP contribution in [0.15, 0.2) is 12.4 Å². The predicted molar refractivity (Wildman–Crippen MR) is 76.4 cm³/mol.